The Kier molecular flexibility index (Phi) is 5.76. The zero-order valence-corrected chi connectivity index (χ0v) is 16.7. The topological polar surface area (TPSA) is 96.1 Å². The maximum Gasteiger partial charge on any atom is 0.186 e. The first-order valence-corrected chi connectivity index (χ1v) is 9.83. The molecule has 9 heteroatoms. The zero-order chi connectivity index (χ0) is 18.7. The average Bonchev–Trinajstić information content (AvgIpc) is 3.22. The van der Waals surface area contributed by atoms with E-state index in [0.29, 0.717) is 25.9 Å². The van der Waals surface area contributed by atoms with Crippen LogP contribution in [-0.4, -0.2) is 29.5 Å². The summed E-state index contributed by atoms with van der Waals surface area (Å²) in [7, 11) is 1.50. The van der Waals surface area contributed by atoms with E-state index in [-0.39, 0.29) is 17.4 Å². The van der Waals surface area contributed by atoms with Crippen LogP contribution < -0.4 is 9.47 Å². The van der Waals surface area contributed by atoms with Gasteiger partial charge >= 0.3 is 0 Å². The molecule has 0 spiro atoms. The molecule has 1 aromatic heterocycles. The van der Waals surface area contributed by atoms with Gasteiger partial charge in [-0.25, -0.2) is 4.98 Å². The van der Waals surface area contributed by atoms with Crippen molar-refractivity contribution in [1.82, 2.24) is 4.98 Å². The van der Waals surface area contributed by atoms with Crippen molar-refractivity contribution in [2.45, 2.75) is 5.92 Å². The molecule has 0 aliphatic carbocycles. The van der Waals surface area contributed by atoms with Crippen molar-refractivity contribution in [2.75, 3.05) is 13.7 Å². The molecule has 6 nitrogen and oxygen atoms in total. The lowest BCUT2D eigenvalue weighted by Crippen LogP contribution is -2.11. The number of nitrogens with zero attached hydrogens (tertiary/aromatic N) is 2. The molecule has 2 aromatic rings. The second kappa shape index (κ2) is 8.03. The molecule has 1 aliphatic rings. The number of nitriles is 1. The summed E-state index contributed by atoms with van der Waals surface area (Å²) in [4.78, 5) is 17.3. The first kappa shape index (κ1) is 18.6. The Hall–Kier alpha value is -2.15. The fourth-order valence-corrected chi connectivity index (χ4v) is 4.79. The zero-order valence-electron chi connectivity index (χ0n) is 13.5. The normalized spacial score (nSPS) is 18.2. The van der Waals surface area contributed by atoms with Gasteiger partial charge < -0.3 is 9.47 Å². The minimum Gasteiger partial charge on any atom is -0.493 e. The highest BCUT2D eigenvalue weighted by Gasteiger charge is 2.38. The molecule has 3 rings (SSSR count). The molecule has 132 valence electrons. The Balaban J connectivity index is 1.93. The van der Waals surface area contributed by atoms with E-state index >= 15 is 0 Å². The van der Waals surface area contributed by atoms with Crippen LogP contribution in [0.1, 0.15) is 16.5 Å². The van der Waals surface area contributed by atoms with Crippen molar-refractivity contribution in [2.24, 2.45) is 0 Å². The number of carbonyl (C=O) groups is 1. The number of aromatic nitrogens is 1. The van der Waals surface area contributed by atoms with Gasteiger partial charge in [-0.15, -0.1) is 11.3 Å². The number of thioether (sulfide) groups is 1. The predicted molar refractivity (Wildman–Crippen MR) is 105 cm³/mol. The minimum absolute atomic E-state index is 0.101. The molecule has 0 amide bonds. The van der Waals surface area contributed by atoms with E-state index in [4.69, 9.17) is 20.1 Å². The maximum atomic E-state index is 12.7. The van der Waals surface area contributed by atoms with Crippen molar-refractivity contribution in [1.29, 1.82) is 10.7 Å². The van der Waals surface area contributed by atoms with Gasteiger partial charge in [-0.2, -0.15) is 5.26 Å². The summed E-state index contributed by atoms with van der Waals surface area (Å²) in [5.74, 6) is 0.128. The Labute approximate surface area is 166 Å². The molecule has 1 atom stereocenters. The molecule has 26 heavy (non-hydrogen) atoms. The third-order valence-corrected chi connectivity index (χ3v) is 5.94. The lowest BCUT2D eigenvalue weighted by atomic mass is 10.0. The van der Waals surface area contributed by atoms with Gasteiger partial charge in [-0.1, -0.05) is 11.8 Å². The quantitative estimate of drug-likeness (QED) is 0.685. The van der Waals surface area contributed by atoms with Crippen LogP contribution >= 0.6 is 39.0 Å². The first-order valence-electron chi connectivity index (χ1n) is 7.34. The Morgan fingerprint density at radius 2 is 2.31 bits per heavy atom. The number of halogens is 1. The number of Topliss-reactive ketones (excluding diaryl/α,β-unsaturated/α-hetero) is 1. The van der Waals surface area contributed by atoms with Gasteiger partial charge in [0.05, 0.1) is 21.5 Å². The predicted octanol–water partition coefficient (Wildman–Crippen LogP) is 4.23. The Bertz CT molecular complexity index is 935. The summed E-state index contributed by atoms with van der Waals surface area (Å²) in [6.45, 7) is -0.101. The summed E-state index contributed by atoms with van der Waals surface area (Å²) in [6, 6.07) is 5.40. The second-order valence-corrected chi connectivity index (χ2v) is 7.99. The van der Waals surface area contributed by atoms with Crippen molar-refractivity contribution >= 4 is 55.9 Å². The number of methoxy groups -OCH3 is 1. The van der Waals surface area contributed by atoms with Crippen molar-refractivity contribution in [3.8, 4) is 17.6 Å². The van der Waals surface area contributed by atoms with Crippen LogP contribution in [0.25, 0.3) is 6.08 Å². The van der Waals surface area contributed by atoms with Gasteiger partial charge in [-0.3, -0.25) is 10.2 Å². The largest absolute Gasteiger partial charge is 0.493 e. The SMILES string of the molecule is COc1cc(/C=C2\SC(=N)[C@H](c3nccs3)C2=O)cc(Br)c1OCC#N. The van der Waals surface area contributed by atoms with Crippen LogP contribution in [0.2, 0.25) is 0 Å². The monoisotopic (exact) mass is 449 g/mol. The smallest absolute Gasteiger partial charge is 0.186 e. The molecule has 2 heterocycles. The van der Waals surface area contributed by atoms with E-state index in [9.17, 15) is 4.79 Å². The Morgan fingerprint density at radius 1 is 1.50 bits per heavy atom. The molecule has 1 saturated heterocycles. The highest BCUT2D eigenvalue weighted by Crippen LogP contribution is 2.42. The number of nitrogens with one attached hydrogen (secondary N) is 1. The molecule has 1 N–H and O–H groups in total. The number of thiazole rings is 1. The molecule has 1 fully saturated rings. The highest BCUT2D eigenvalue weighted by atomic mass is 79.9. The number of ketones is 1. The van der Waals surface area contributed by atoms with Crippen LogP contribution in [0.5, 0.6) is 11.5 Å². The molecule has 1 aliphatic heterocycles. The van der Waals surface area contributed by atoms with Crippen molar-refractivity contribution < 1.29 is 14.3 Å². The number of carbonyl (C=O) groups excluding carboxylic acids is 1. The van der Waals surface area contributed by atoms with Crippen LogP contribution in [0.4, 0.5) is 0 Å². The van der Waals surface area contributed by atoms with Crippen LogP contribution in [0, 0.1) is 16.7 Å². The molecule has 0 bridgehead atoms. The third kappa shape index (κ3) is 3.67. The summed E-state index contributed by atoms with van der Waals surface area (Å²) in [5.41, 5.74) is 0.724. The van der Waals surface area contributed by atoms with Gasteiger partial charge in [0.1, 0.15) is 17.0 Å². The van der Waals surface area contributed by atoms with Crippen LogP contribution in [-0.2, 0) is 4.79 Å². The van der Waals surface area contributed by atoms with E-state index < -0.39 is 5.92 Å². The molecule has 0 unspecified atom stereocenters. The van der Waals surface area contributed by atoms with E-state index in [1.807, 2.05) is 6.07 Å². The average molecular weight is 450 g/mol. The van der Waals surface area contributed by atoms with Gasteiger partial charge in [0.2, 0.25) is 0 Å². The van der Waals surface area contributed by atoms with E-state index in [1.54, 1.807) is 29.8 Å². The lowest BCUT2D eigenvalue weighted by molar-refractivity contribution is -0.114. The van der Waals surface area contributed by atoms with Crippen LogP contribution in [0.3, 0.4) is 0 Å². The highest BCUT2D eigenvalue weighted by molar-refractivity contribution is 9.10. The van der Waals surface area contributed by atoms with Gasteiger partial charge in [-0.05, 0) is 39.7 Å². The summed E-state index contributed by atoms with van der Waals surface area (Å²) >= 11 is 5.92. The molecule has 0 saturated carbocycles. The maximum absolute atomic E-state index is 12.7. The second-order valence-electron chi connectivity index (χ2n) is 5.12. The van der Waals surface area contributed by atoms with Crippen LogP contribution in [0.15, 0.2) is 33.1 Å². The minimum atomic E-state index is -0.616. The number of rotatable bonds is 5. The summed E-state index contributed by atoms with van der Waals surface area (Å²) in [5, 5.41) is 19.5. The van der Waals surface area contributed by atoms with E-state index in [1.165, 1.54) is 18.4 Å². The number of benzene rings is 1. The standard InChI is InChI=1S/C17H12BrN3O3S2/c1-23-11-7-9(6-10(18)15(11)24-4-2-19)8-12-14(22)13(16(20)26-12)17-21-3-5-25-17/h3,5-8,13,20H,4H2,1H3/b12-8-,20-16?/t13-/m1/s1. The van der Waals surface area contributed by atoms with Gasteiger partial charge in [0.25, 0.3) is 0 Å². The molecular weight excluding hydrogens is 438 g/mol. The number of allylic oxidation sites excluding steroid dienone is 1. The molecule has 1 aromatic carbocycles. The van der Waals surface area contributed by atoms with Crippen molar-refractivity contribution in [3.63, 3.8) is 0 Å². The fraction of sp³-hybridized carbons (Fsp3) is 0.176. The third-order valence-electron chi connectivity index (χ3n) is 3.52. The van der Waals surface area contributed by atoms with E-state index in [2.05, 4.69) is 20.9 Å². The molecule has 0 radical (unpaired) electrons. The van der Waals surface area contributed by atoms with E-state index in [0.717, 1.165) is 17.3 Å². The summed E-state index contributed by atoms with van der Waals surface area (Å²) < 4.78 is 11.3. The first-order chi connectivity index (χ1) is 12.5. The van der Waals surface area contributed by atoms with Gasteiger partial charge in [0.15, 0.2) is 23.9 Å². The van der Waals surface area contributed by atoms with Crippen molar-refractivity contribution in [3.05, 3.63) is 43.7 Å². The Morgan fingerprint density at radius 3 is 2.96 bits per heavy atom. The fourth-order valence-electron chi connectivity index (χ4n) is 2.41. The molecular formula is C17H12BrN3O3S2. The lowest BCUT2D eigenvalue weighted by Gasteiger charge is -2.11. The summed E-state index contributed by atoms with van der Waals surface area (Å²) in [6.07, 6.45) is 3.35. The number of hydrogen-bond donors (Lipinski definition) is 1. The number of ether oxygens (including phenoxy) is 2. The number of hydrogen-bond acceptors (Lipinski definition) is 8. The van der Waals surface area contributed by atoms with Gasteiger partial charge in [0, 0.05) is 11.6 Å².